The Bertz CT molecular complexity index is 543. The Balaban J connectivity index is 2.34. The lowest BCUT2D eigenvalue weighted by atomic mass is 9.91. The molecule has 0 radical (unpaired) electrons. The number of nitrogens with zero attached hydrogens (tertiary/aromatic N) is 2. The molecule has 0 spiro atoms. The summed E-state index contributed by atoms with van der Waals surface area (Å²) in [5, 5.41) is 22.9. The van der Waals surface area contributed by atoms with Crippen molar-refractivity contribution in [1.29, 1.82) is 0 Å². The largest absolute Gasteiger partial charge is 0.395 e. The summed E-state index contributed by atoms with van der Waals surface area (Å²) in [4.78, 5) is 24.7. The Morgan fingerprint density at radius 2 is 2.24 bits per heavy atom. The average Bonchev–Trinajstić information content (AvgIpc) is 2.43. The number of amides is 1. The van der Waals surface area contributed by atoms with E-state index in [0.29, 0.717) is 5.69 Å². The first-order valence-electron chi connectivity index (χ1n) is 6.96. The molecular weight excluding hydrogens is 274 g/mol. The number of hydrogen-bond acceptors (Lipinski definition) is 5. The summed E-state index contributed by atoms with van der Waals surface area (Å²) in [6, 6.07) is 4.30. The number of benzene rings is 1. The van der Waals surface area contributed by atoms with Crippen LogP contribution in [0.5, 0.6) is 0 Å². The molecular formula is C14H19N3O4. The Morgan fingerprint density at radius 3 is 2.71 bits per heavy atom. The number of carbonyl (C=O) groups excluding carboxylic acids is 1. The molecule has 2 N–H and O–H groups in total. The summed E-state index contributed by atoms with van der Waals surface area (Å²) < 4.78 is 0. The Hall–Kier alpha value is -2.15. The first kappa shape index (κ1) is 15.2. The van der Waals surface area contributed by atoms with E-state index in [-0.39, 0.29) is 36.4 Å². The van der Waals surface area contributed by atoms with Crippen molar-refractivity contribution >= 4 is 17.3 Å². The van der Waals surface area contributed by atoms with Crippen LogP contribution in [-0.2, 0) is 0 Å². The summed E-state index contributed by atoms with van der Waals surface area (Å²) >= 11 is 0. The number of non-ortho nitro benzene ring substituents is 1. The van der Waals surface area contributed by atoms with E-state index >= 15 is 0 Å². The predicted octanol–water partition coefficient (Wildman–Crippen LogP) is 1.62. The zero-order valence-electron chi connectivity index (χ0n) is 11.9. The molecule has 21 heavy (non-hydrogen) atoms. The summed E-state index contributed by atoms with van der Waals surface area (Å²) in [7, 11) is 1.66. The van der Waals surface area contributed by atoms with Crippen molar-refractivity contribution in [2.24, 2.45) is 0 Å². The number of nitro groups is 1. The summed E-state index contributed by atoms with van der Waals surface area (Å²) in [6.45, 7) is 0.126. The second-order valence-electron chi connectivity index (χ2n) is 5.04. The van der Waals surface area contributed by atoms with Crippen LogP contribution in [0.1, 0.15) is 29.6 Å². The number of carbonyl (C=O) groups is 1. The second-order valence-corrected chi connectivity index (χ2v) is 5.04. The highest BCUT2D eigenvalue weighted by molar-refractivity contribution is 6.00. The molecule has 114 valence electrons. The molecule has 0 atom stereocenters. The van der Waals surface area contributed by atoms with Crippen molar-refractivity contribution in [3.63, 3.8) is 0 Å². The number of anilines is 1. The summed E-state index contributed by atoms with van der Waals surface area (Å²) in [5.41, 5.74) is 0.704. The van der Waals surface area contributed by atoms with Crippen molar-refractivity contribution < 1.29 is 14.8 Å². The number of aliphatic hydroxyl groups is 1. The molecule has 0 heterocycles. The minimum Gasteiger partial charge on any atom is -0.395 e. The van der Waals surface area contributed by atoms with Gasteiger partial charge in [0.2, 0.25) is 0 Å². The van der Waals surface area contributed by atoms with Crippen LogP contribution < -0.4 is 5.32 Å². The van der Waals surface area contributed by atoms with E-state index in [2.05, 4.69) is 5.32 Å². The lowest BCUT2D eigenvalue weighted by molar-refractivity contribution is -0.384. The number of nitro benzene ring substituents is 1. The first-order chi connectivity index (χ1) is 10.1. The van der Waals surface area contributed by atoms with Gasteiger partial charge in [-0.1, -0.05) is 0 Å². The van der Waals surface area contributed by atoms with Gasteiger partial charge in [-0.2, -0.15) is 0 Å². The average molecular weight is 293 g/mol. The van der Waals surface area contributed by atoms with Crippen LogP contribution in [0.15, 0.2) is 18.2 Å². The highest BCUT2D eigenvalue weighted by Gasteiger charge is 2.30. The molecule has 1 aliphatic rings. The van der Waals surface area contributed by atoms with Crippen LogP contribution in [0.3, 0.4) is 0 Å². The Labute approximate surface area is 122 Å². The topological polar surface area (TPSA) is 95.7 Å². The van der Waals surface area contributed by atoms with Gasteiger partial charge in [-0.3, -0.25) is 14.9 Å². The highest BCUT2D eigenvalue weighted by atomic mass is 16.6. The second kappa shape index (κ2) is 6.53. The summed E-state index contributed by atoms with van der Waals surface area (Å²) in [5.74, 6) is -0.276. The molecule has 1 aliphatic carbocycles. The van der Waals surface area contributed by atoms with Crippen molar-refractivity contribution in [3.8, 4) is 0 Å². The van der Waals surface area contributed by atoms with Crippen LogP contribution in [0.25, 0.3) is 0 Å². The Kier molecular flexibility index (Phi) is 4.74. The van der Waals surface area contributed by atoms with Crippen molar-refractivity contribution in [3.05, 3.63) is 33.9 Å². The molecule has 1 fully saturated rings. The molecule has 1 amide bonds. The van der Waals surface area contributed by atoms with Crippen LogP contribution >= 0.6 is 0 Å². The van der Waals surface area contributed by atoms with E-state index in [4.69, 9.17) is 5.11 Å². The fourth-order valence-electron chi connectivity index (χ4n) is 2.45. The fourth-order valence-corrected chi connectivity index (χ4v) is 2.45. The van der Waals surface area contributed by atoms with Gasteiger partial charge in [0.05, 0.1) is 17.1 Å². The third-order valence-electron chi connectivity index (χ3n) is 3.83. The molecule has 0 unspecified atom stereocenters. The predicted molar refractivity (Wildman–Crippen MR) is 78.4 cm³/mol. The lowest BCUT2D eigenvalue weighted by Crippen LogP contribution is -2.45. The quantitative estimate of drug-likeness (QED) is 0.614. The molecule has 1 saturated carbocycles. The van der Waals surface area contributed by atoms with E-state index in [1.54, 1.807) is 11.9 Å². The molecule has 0 saturated heterocycles. The minimum absolute atomic E-state index is 0.116. The van der Waals surface area contributed by atoms with E-state index < -0.39 is 4.92 Å². The maximum Gasteiger partial charge on any atom is 0.270 e. The summed E-state index contributed by atoms with van der Waals surface area (Å²) in [6.07, 6.45) is 2.89. The molecule has 0 bridgehead atoms. The lowest BCUT2D eigenvalue weighted by Gasteiger charge is -2.37. The number of nitrogens with one attached hydrogen (secondary N) is 1. The molecule has 0 aliphatic heterocycles. The zero-order valence-corrected chi connectivity index (χ0v) is 11.9. The van der Waals surface area contributed by atoms with Gasteiger partial charge in [0, 0.05) is 37.5 Å². The maximum absolute atomic E-state index is 12.7. The van der Waals surface area contributed by atoms with Crippen molar-refractivity contribution in [2.45, 2.75) is 25.3 Å². The first-order valence-corrected chi connectivity index (χ1v) is 6.96. The van der Waals surface area contributed by atoms with Gasteiger partial charge in [-0.15, -0.1) is 0 Å². The van der Waals surface area contributed by atoms with Gasteiger partial charge >= 0.3 is 0 Å². The van der Waals surface area contributed by atoms with Crippen LogP contribution in [-0.4, -0.2) is 47.1 Å². The fraction of sp³-hybridized carbons (Fsp3) is 0.500. The molecule has 1 aromatic carbocycles. The molecule has 2 rings (SSSR count). The molecule has 7 nitrogen and oxygen atoms in total. The van der Waals surface area contributed by atoms with Gasteiger partial charge in [0.25, 0.3) is 11.6 Å². The minimum atomic E-state index is -0.518. The standard InChI is InChI=1S/C14H19N3O4/c1-15-13-6-5-11(17(20)21)9-12(13)14(19)16(7-8-18)10-3-2-4-10/h5-6,9-10,15,18H,2-4,7-8H2,1H3. The Morgan fingerprint density at radius 1 is 1.52 bits per heavy atom. The van der Waals surface area contributed by atoms with Gasteiger partial charge in [-0.25, -0.2) is 0 Å². The molecule has 7 heteroatoms. The van der Waals surface area contributed by atoms with Crippen LogP contribution in [0.2, 0.25) is 0 Å². The normalized spacial score (nSPS) is 14.4. The third kappa shape index (κ3) is 3.13. The van der Waals surface area contributed by atoms with E-state index in [9.17, 15) is 14.9 Å². The number of rotatable bonds is 6. The monoisotopic (exact) mass is 293 g/mol. The van der Waals surface area contributed by atoms with E-state index in [1.165, 1.54) is 18.2 Å². The van der Waals surface area contributed by atoms with E-state index in [0.717, 1.165) is 19.3 Å². The van der Waals surface area contributed by atoms with Crippen LogP contribution in [0, 0.1) is 10.1 Å². The van der Waals surface area contributed by atoms with Crippen molar-refractivity contribution in [2.75, 3.05) is 25.5 Å². The number of aliphatic hydroxyl groups excluding tert-OH is 1. The van der Waals surface area contributed by atoms with Gasteiger partial charge < -0.3 is 15.3 Å². The maximum atomic E-state index is 12.7. The molecule has 0 aromatic heterocycles. The van der Waals surface area contributed by atoms with Gasteiger partial charge in [-0.05, 0) is 25.3 Å². The van der Waals surface area contributed by atoms with Gasteiger partial charge in [0.15, 0.2) is 0 Å². The number of hydrogen-bond donors (Lipinski definition) is 2. The van der Waals surface area contributed by atoms with Crippen LogP contribution in [0.4, 0.5) is 11.4 Å². The van der Waals surface area contributed by atoms with Gasteiger partial charge in [0.1, 0.15) is 0 Å². The molecule has 1 aromatic rings. The van der Waals surface area contributed by atoms with Crippen molar-refractivity contribution in [1.82, 2.24) is 4.90 Å². The third-order valence-corrected chi connectivity index (χ3v) is 3.83. The smallest absolute Gasteiger partial charge is 0.270 e. The van der Waals surface area contributed by atoms with E-state index in [1.807, 2.05) is 0 Å². The zero-order chi connectivity index (χ0) is 15.4. The SMILES string of the molecule is CNc1ccc([N+](=O)[O-])cc1C(=O)N(CCO)C1CCC1. The highest BCUT2D eigenvalue weighted by Crippen LogP contribution is 2.29.